The number of likely N-dealkylation sites (tertiary alicyclic amines) is 1. The molecule has 4 amide bonds. The Morgan fingerprint density at radius 1 is 0.913 bits per heavy atom. The quantitative estimate of drug-likeness (QED) is 0.414. The fourth-order valence-corrected chi connectivity index (χ4v) is 6.37. The fourth-order valence-electron chi connectivity index (χ4n) is 6.37. The first kappa shape index (κ1) is 31.3. The second kappa shape index (κ2) is 14.2. The van der Waals surface area contributed by atoms with Crippen molar-refractivity contribution in [1.29, 1.82) is 0 Å². The highest BCUT2D eigenvalue weighted by molar-refractivity contribution is 5.94. The highest BCUT2D eigenvalue weighted by atomic mass is 16.5. The summed E-state index contributed by atoms with van der Waals surface area (Å²) in [6, 6.07) is 22.4. The number of hydrogen-bond donors (Lipinski definition) is 2. The molecule has 6 rings (SSSR count). The van der Waals surface area contributed by atoms with Gasteiger partial charge in [-0.25, -0.2) is 0 Å². The lowest BCUT2D eigenvalue weighted by atomic mass is 9.99. The minimum atomic E-state index is -0.898. The number of fused-ring (bicyclic) bond motifs is 4. The van der Waals surface area contributed by atoms with Crippen LogP contribution < -0.4 is 15.4 Å². The third kappa shape index (κ3) is 7.76. The second-order valence-electron chi connectivity index (χ2n) is 12.8. The molecule has 2 aliphatic heterocycles. The summed E-state index contributed by atoms with van der Waals surface area (Å²) in [6.45, 7) is 1.06. The van der Waals surface area contributed by atoms with E-state index in [1.54, 1.807) is 11.9 Å². The van der Waals surface area contributed by atoms with Gasteiger partial charge in [0.2, 0.25) is 23.6 Å². The number of benzene rings is 3. The zero-order valence-electron chi connectivity index (χ0n) is 26.3. The van der Waals surface area contributed by atoms with Gasteiger partial charge in [-0.3, -0.25) is 19.2 Å². The van der Waals surface area contributed by atoms with E-state index >= 15 is 0 Å². The summed E-state index contributed by atoms with van der Waals surface area (Å²) in [7, 11) is 1.64. The lowest BCUT2D eigenvalue weighted by molar-refractivity contribution is -0.143. The summed E-state index contributed by atoms with van der Waals surface area (Å²) in [5, 5.41) is 6.11. The van der Waals surface area contributed by atoms with Crippen LogP contribution in [0.2, 0.25) is 0 Å². The zero-order valence-corrected chi connectivity index (χ0v) is 26.3. The van der Waals surface area contributed by atoms with Crippen LogP contribution in [-0.2, 0) is 38.4 Å². The van der Waals surface area contributed by atoms with Crippen LogP contribution in [0.4, 0.5) is 0 Å². The maximum atomic E-state index is 14.4. The van der Waals surface area contributed by atoms with Gasteiger partial charge < -0.3 is 25.2 Å². The molecule has 46 heavy (non-hydrogen) atoms. The van der Waals surface area contributed by atoms with E-state index in [9.17, 15) is 19.2 Å². The maximum Gasteiger partial charge on any atom is 0.245 e. The van der Waals surface area contributed by atoms with Gasteiger partial charge in [-0.15, -0.1) is 0 Å². The SMILES string of the molecule is CN1C(=O)[C@H](CCc2ccccc2)NC(=O)[C@@H](N2CCCC2=O)Cc2cccc(c2)Oc2cccc(c2)C[C@H]1C(=O)NCC1CC1. The molecule has 0 unspecified atom stereocenters. The van der Waals surface area contributed by atoms with E-state index in [0.717, 1.165) is 29.5 Å². The van der Waals surface area contributed by atoms with E-state index in [1.165, 1.54) is 4.90 Å². The number of carbonyl (C=O) groups is 4. The molecule has 0 spiro atoms. The van der Waals surface area contributed by atoms with Gasteiger partial charge in [-0.2, -0.15) is 0 Å². The van der Waals surface area contributed by atoms with E-state index in [1.807, 2.05) is 78.9 Å². The van der Waals surface area contributed by atoms with Gasteiger partial charge in [-0.05, 0) is 79.0 Å². The van der Waals surface area contributed by atoms with E-state index in [0.29, 0.717) is 56.2 Å². The Kier molecular flexibility index (Phi) is 9.66. The molecule has 2 heterocycles. The molecule has 3 aliphatic rings. The fraction of sp³-hybridized carbons (Fsp3) is 0.405. The molecule has 3 atom stereocenters. The van der Waals surface area contributed by atoms with Crippen LogP contribution in [0, 0.1) is 5.92 Å². The maximum absolute atomic E-state index is 14.4. The van der Waals surface area contributed by atoms with Gasteiger partial charge in [0.25, 0.3) is 0 Å². The smallest absolute Gasteiger partial charge is 0.245 e. The highest BCUT2D eigenvalue weighted by Gasteiger charge is 2.37. The predicted octanol–water partition coefficient (Wildman–Crippen LogP) is 4.04. The molecule has 1 saturated carbocycles. The summed E-state index contributed by atoms with van der Waals surface area (Å²) in [6.07, 6.45) is 4.70. The van der Waals surface area contributed by atoms with Crippen LogP contribution in [0.5, 0.6) is 11.5 Å². The zero-order chi connectivity index (χ0) is 32.0. The van der Waals surface area contributed by atoms with Crippen molar-refractivity contribution in [3.05, 3.63) is 95.6 Å². The summed E-state index contributed by atoms with van der Waals surface area (Å²) in [4.78, 5) is 58.3. The lowest BCUT2D eigenvalue weighted by Gasteiger charge is -2.33. The first-order chi connectivity index (χ1) is 22.3. The third-order valence-corrected chi connectivity index (χ3v) is 9.24. The normalized spacial score (nSPS) is 22.3. The summed E-state index contributed by atoms with van der Waals surface area (Å²) in [5.74, 6) is 0.675. The summed E-state index contributed by atoms with van der Waals surface area (Å²) < 4.78 is 6.23. The number of nitrogens with zero attached hydrogens (tertiary/aromatic N) is 2. The Hall–Kier alpha value is -4.66. The molecule has 9 heteroatoms. The molecule has 0 radical (unpaired) electrons. The van der Waals surface area contributed by atoms with Crippen LogP contribution in [0.3, 0.4) is 0 Å². The van der Waals surface area contributed by atoms with Gasteiger partial charge in [0, 0.05) is 39.4 Å². The first-order valence-electron chi connectivity index (χ1n) is 16.4. The van der Waals surface area contributed by atoms with Crippen LogP contribution in [-0.4, -0.2) is 71.7 Å². The molecule has 0 aromatic heterocycles. The number of nitrogens with one attached hydrogen (secondary N) is 2. The number of aryl methyl sites for hydroxylation is 1. The van der Waals surface area contributed by atoms with Crippen LogP contribution in [0.15, 0.2) is 78.9 Å². The molecule has 3 aromatic rings. The Bertz CT molecular complexity index is 1570. The minimum absolute atomic E-state index is 0.0737. The topological polar surface area (TPSA) is 108 Å². The summed E-state index contributed by atoms with van der Waals surface area (Å²) >= 11 is 0. The molecule has 3 aromatic carbocycles. The average Bonchev–Trinajstić information content (AvgIpc) is 3.81. The Balaban J connectivity index is 1.37. The third-order valence-electron chi connectivity index (χ3n) is 9.24. The number of carbonyl (C=O) groups excluding carboxylic acids is 4. The van der Waals surface area contributed by atoms with Crippen molar-refractivity contribution in [2.75, 3.05) is 20.1 Å². The molecular formula is C37H42N4O5. The van der Waals surface area contributed by atoms with Crippen molar-refractivity contribution in [2.24, 2.45) is 5.92 Å². The van der Waals surface area contributed by atoms with Crippen molar-refractivity contribution in [2.45, 2.75) is 69.5 Å². The molecular weight excluding hydrogens is 580 g/mol. The van der Waals surface area contributed by atoms with Crippen molar-refractivity contribution < 1.29 is 23.9 Å². The van der Waals surface area contributed by atoms with E-state index in [2.05, 4.69) is 10.6 Å². The first-order valence-corrected chi connectivity index (χ1v) is 16.4. The average molecular weight is 623 g/mol. The largest absolute Gasteiger partial charge is 0.457 e. The molecule has 4 bridgehead atoms. The van der Waals surface area contributed by atoms with Gasteiger partial charge in [0.1, 0.15) is 29.6 Å². The molecule has 240 valence electrons. The second-order valence-corrected chi connectivity index (χ2v) is 12.8. The predicted molar refractivity (Wildman–Crippen MR) is 174 cm³/mol. The number of ether oxygens (including phenoxy) is 1. The molecule has 2 N–H and O–H groups in total. The van der Waals surface area contributed by atoms with Crippen molar-refractivity contribution in [1.82, 2.24) is 20.4 Å². The molecule has 1 aliphatic carbocycles. The standard InChI is InChI=1S/C37H42N4O5/c1-40-32(35(43)38-24-26-15-16-26)22-27-10-5-12-29(20-27)46-30-13-6-11-28(21-30)23-33(41-19-7-14-34(41)42)36(44)39-31(37(40)45)18-17-25-8-3-2-4-9-25/h2-6,8-13,20-21,26,31-33H,7,14-19,22-24H2,1H3,(H,38,43)(H,39,44)/t31-,32-,33-/m0/s1. The van der Waals surface area contributed by atoms with Crippen molar-refractivity contribution >= 4 is 23.6 Å². The van der Waals surface area contributed by atoms with Crippen molar-refractivity contribution in [3.8, 4) is 11.5 Å². The van der Waals surface area contributed by atoms with E-state index < -0.39 is 18.1 Å². The highest BCUT2D eigenvalue weighted by Crippen LogP contribution is 2.28. The molecule has 1 saturated heterocycles. The van der Waals surface area contributed by atoms with Gasteiger partial charge in [0.15, 0.2) is 0 Å². The Labute approximate surface area is 270 Å². The van der Waals surface area contributed by atoms with Crippen LogP contribution in [0.1, 0.15) is 48.8 Å². The van der Waals surface area contributed by atoms with Gasteiger partial charge >= 0.3 is 0 Å². The van der Waals surface area contributed by atoms with Crippen molar-refractivity contribution in [3.63, 3.8) is 0 Å². The van der Waals surface area contributed by atoms with Crippen LogP contribution in [0.25, 0.3) is 0 Å². The number of amides is 4. The molecule has 9 nitrogen and oxygen atoms in total. The monoisotopic (exact) mass is 622 g/mol. The number of hydrogen-bond acceptors (Lipinski definition) is 5. The Morgan fingerprint density at radius 3 is 2.26 bits per heavy atom. The lowest BCUT2D eigenvalue weighted by Crippen LogP contribution is -2.58. The number of likely N-dealkylation sites (N-methyl/N-ethyl adjacent to an activating group) is 1. The molecule has 2 fully saturated rings. The van der Waals surface area contributed by atoms with E-state index in [-0.39, 0.29) is 36.5 Å². The summed E-state index contributed by atoms with van der Waals surface area (Å²) in [5.41, 5.74) is 2.74. The minimum Gasteiger partial charge on any atom is -0.457 e. The Morgan fingerprint density at radius 2 is 1.61 bits per heavy atom. The number of rotatable bonds is 7. The van der Waals surface area contributed by atoms with E-state index in [4.69, 9.17) is 4.74 Å². The van der Waals surface area contributed by atoms with Gasteiger partial charge in [0.05, 0.1) is 0 Å². The van der Waals surface area contributed by atoms with Crippen LogP contribution >= 0.6 is 0 Å². The van der Waals surface area contributed by atoms with Gasteiger partial charge in [-0.1, -0.05) is 54.6 Å².